The van der Waals surface area contributed by atoms with E-state index in [9.17, 15) is 13.2 Å². The van der Waals surface area contributed by atoms with Crippen LogP contribution in [0, 0.1) is 0 Å². The Morgan fingerprint density at radius 2 is 2.18 bits per heavy atom. The van der Waals surface area contributed by atoms with E-state index in [0.717, 1.165) is 0 Å². The molecule has 1 unspecified atom stereocenters. The standard InChI is InChI=1S/C13H14BrF3N4O/c1-9(4-5-21-8-18-7-19-21)20-11-3-2-10(14)6-12(11)22-13(15,16)17/h2-3,6-9,20H,4-5H2,1H3. The van der Waals surface area contributed by atoms with Crippen LogP contribution >= 0.6 is 15.9 Å². The number of halogens is 4. The molecule has 2 rings (SSSR count). The summed E-state index contributed by atoms with van der Waals surface area (Å²) in [5.74, 6) is -0.269. The number of rotatable bonds is 6. The first-order valence-corrected chi connectivity index (χ1v) is 7.27. The number of hydrogen-bond acceptors (Lipinski definition) is 4. The van der Waals surface area contributed by atoms with E-state index in [0.29, 0.717) is 17.4 Å². The Morgan fingerprint density at radius 1 is 1.41 bits per heavy atom. The van der Waals surface area contributed by atoms with Crippen LogP contribution in [0.1, 0.15) is 13.3 Å². The first-order valence-electron chi connectivity index (χ1n) is 6.48. The van der Waals surface area contributed by atoms with E-state index in [-0.39, 0.29) is 17.5 Å². The van der Waals surface area contributed by atoms with E-state index < -0.39 is 6.36 Å². The molecule has 0 saturated heterocycles. The van der Waals surface area contributed by atoms with Crippen molar-refractivity contribution < 1.29 is 17.9 Å². The third-order valence-corrected chi connectivity index (χ3v) is 3.32. The molecule has 5 nitrogen and oxygen atoms in total. The van der Waals surface area contributed by atoms with E-state index >= 15 is 0 Å². The second-order valence-electron chi connectivity index (χ2n) is 4.68. The van der Waals surface area contributed by atoms with Crippen molar-refractivity contribution in [3.05, 3.63) is 35.3 Å². The van der Waals surface area contributed by atoms with E-state index in [2.05, 4.69) is 36.1 Å². The fourth-order valence-electron chi connectivity index (χ4n) is 1.84. The van der Waals surface area contributed by atoms with Gasteiger partial charge in [-0.2, -0.15) is 5.10 Å². The van der Waals surface area contributed by atoms with Crippen molar-refractivity contribution in [1.29, 1.82) is 0 Å². The quantitative estimate of drug-likeness (QED) is 0.829. The molecular weight excluding hydrogens is 365 g/mol. The van der Waals surface area contributed by atoms with Crippen LogP contribution in [0.2, 0.25) is 0 Å². The van der Waals surface area contributed by atoms with E-state index in [1.807, 2.05) is 6.92 Å². The normalized spacial score (nSPS) is 13.0. The summed E-state index contributed by atoms with van der Waals surface area (Å²) >= 11 is 3.13. The molecule has 0 amide bonds. The number of hydrogen-bond donors (Lipinski definition) is 1. The first kappa shape index (κ1) is 16.6. The number of anilines is 1. The summed E-state index contributed by atoms with van der Waals surface area (Å²) < 4.78 is 43.5. The summed E-state index contributed by atoms with van der Waals surface area (Å²) in [7, 11) is 0. The van der Waals surface area contributed by atoms with Crippen LogP contribution in [-0.4, -0.2) is 27.2 Å². The predicted molar refractivity (Wildman–Crippen MR) is 78.5 cm³/mol. The third kappa shape index (κ3) is 5.21. The van der Waals surface area contributed by atoms with Crippen LogP contribution in [0.4, 0.5) is 18.9 Å². The Balaban J connectivity index is 2.01. The minimum Gasteiger partial charge on any atom is -0.404 e. The predicted octanol–water partition coefficient (Wildman–Crippen LogP) is 3.83. The van der Waals surface area contributed by atoms with Gasteiger partial charge in [-0.05, 0) is 31.5 Å². The molecule has 0 aliphatic rings. The molecule has 0 saturated carbocycles. The molecule has 0 aliphatic heterocycles. The summed E-state index contributed by atoms with van der Waals surface area (Å²) in [4.78, 5) is 3.83. The molecule has 1 heterocycles. The van der Waals surface area contributed by atoms with Crippen LogP contribution in [0.5, 0.6) is 5.75 Å². The SMILES string of the molecule is CC(CCn1cncn1)Nc1ccc(Br)cc1OC(F)(F)F. The second kappa shape index (κ2) is 6.99. The Bertz CT molecular complexity index is 604. The van der Waals surface area contributed by atoms with Gasteiger partial charge in [-0.25, -0.2) is 4.98 Å². The van der Waals surface area contributed by atoms with Gasteiger partial charge in [0.25, 0.3) is 0 Å². The van der Waals surface area contributed by atoms with Gasteiger partial charge in [-0.1, -0.05) is 15.9 Å². The number of nitrogens with one attached hydrogen (secondary N) is 1. The highest BCUT2D eigenvalue weighted by atomic mass is 79.9. The number of aryl methyl sites for hydroxylation is 1. The maximum absolute atomic E-state index is 12.4. The zero-order chi connectivity index (χ0) is 16.2. The summed E-state index contributed by atoms with van der Waals surface area (Å²) in [6, 6.07) is 4.40. The molecule has 0 bridgehead atoms. The third-order valence-electron chi connectivity index (χ3n) is 2.83. The average Bonchev–Trinajstić information content (AvgIpc) is 2.91. The Morgan fingerprint density at radius 3 is 2.82 bits per heavy atom. The molecule has 1 atom stereocenters. The molecule has 2 aromatic rings. The largest absolute Gasteiger partial charge is 0.573 e. The monoisotopic (exact) mass is 378 g/mol. The van der Waals surface area contributed by atoms with Crippen LogP contribution in [0.3, 0.4) is 0 Å². The summed E-state index contributed by atoms with van der Waals surface area (Å²) in [5.41, 5.74) is 0.284. The minimum absolute atomic E-state index is 0.0686. The maximum Gasteiger partial charge on any atom is 0.573 e. The lowest BCUT2D eigenvalue weighted by Gasteiger charge is -2.19. The van der Waals surface area contributed by atoms with Gasteiger partial charge >= 0.3 is 6.36 Å². The lowest BCUT2D eigenvalue weighted by atomic mass is 10.2. The van der Waals surface area contributed by atoms with Gasteiger partial charge < -0.3 is 10.1 Å². The number of nitrogens with zero attached hydrogens (tertiary/aromatic N) is 3. The van der Waals surface area contributed by atoms with E-state index in [1.165, 1.54) is 18.5 Å². The maximum atomic E-state index is 12.4. The number of aromatic nitrogens is 3. The smallest absolute Gasteiger partial charge is 0.404 e. The van der Waals surface area contributed by atoms with Gasteiger partial charge in [0.2, 0.25) is 0 Å². The molecule has 0 spiro atoms. The molecule has 1 N–H and O–H groups in total. The molecule has 9 heteroatoms. The van der Waals surface area contributed by atoms with Crippen molar-refractivity contribution in [3.8, 4) is 5.75 Å². The van der Waals surface area contributed by atoms with Gasteiger partial charge in [-0.15, -0.1) is 13.2 Å². The van der Waals surface area contributed by atoms with Gasteiger partial charge in [-0.3, -0.25) is 4.68 Å². The van der Waals surface area contributed by atoms with Crippen LogP contribution < -0.4 is 10.1 Å². The van der Waals surface area contributed by atoms with Crippen molar-refractivity contribution in [2.45, 2.75) is 32.3 Å². The first-order chi connectivity index (χ1) is 10.3. The number of benzene rings is 1. The van der Waals surface area contributed by atoms with Crippen LogP contribution in [-0.2, 0) is 6.54 Å². The van der Waals surface area contributed by atoms with Gasteiger partial charge in [0.05, 0.1) is 5.69 Å². The summed E-state index contributed by atoms with van der Waals surface area (Å²) in [6.07, 6.45) is -1.04. The van der Waals surface area contributed by atoms with Crippen molar-refractivity contribution in [1.82, 2.24) is 14.8 Å². The molecule has 0 radical (unpaired) electrons. The molecule has 0 aliphatic carbocycles. The lowest BCUT2D eigenvalue weighted by Crippen LogP contribution is -2.21. The zero-order valence-electron chi connectivity index (χ0n) is 11.6. The Labute approximate surface area is 133 Å². The van der Waals surface area contributed by atoms with Crippen molar-refractivity contribution >= 4 is 21.6 Å². The highest BCUT2D eigenvalue weighted by Crippen LogP contribution is 2.33. The molecule has 0 fully saturated rings. The summed E-state index contributed by atoms with van der Waals surface area (Å²) in [5, 5.41) is 6.99. The van der Waals surface area contributed by atoms with Gasteiger partial charge in [0.1, 0.15) is 12.7 Å². The fourth-order valence-corrected chi connectivity index (χ4v) is 2.18. The van der Waals surface area contributed by atoms with Crippen molar-refractivity contribution in [2.75, 3.05) is 5.32 Å². The van der Waals surface area contributed by atoms with Crippen molar-refractivity contribution in [2.24, 2.45) is 0 Å². The van der Waals surface area contributed by atoms with E-state index in [4.69, 9.17) is 0 Å². The molecule has 1 aromatic heterocycles. The highest BCUT2D eigenvalue weighted by molar-refractivity contribution is 9.10. The van der Waals surface area contributed by atoms with Crippen molar-refractivity contribution in [3.63, 3.8) is 0 Å². The zero-order valence-corrected chi connectivity index (χ0v) is 13.2. The molecule has 22 heavy (non-hydrogen) atoms. The lowest BCUT2D eigenvalue weighted by molar-refractivity contribution is -0.274. The second-order valence-corrected chi connectivity index (χ2v) is 5.60. The van der Waals surface area contributed by atoms with Crippen LogP contribution in [0.25, 0.3) is 0 Å². The highest BCUT2D eigenvalue weighted by Gasteiger charge is 2.32. The molecule has 120 valence electrons. The Hall–Kier alpha value is -1.77. The van der Waals surface area contributed by atoms with Gasteiger partial charge in [0, 0.05) is 17.1 Å². The molecule has 1 aromatic carbocycles. The Kier molecular flexibility index (Phi) is 5.28. The number of ether oxygens (including phenoxy) is 1. The average molecular weight is 379 g/mol. The minimum atomic E-state index is -4.73. The van der Waals surface area contributed by atoms with E-state index in [1.54, 1.807) is 17.1 Å². The summed E-state index contributed by atoms with van der Waals surface area (Å²) in [6.45, 7) is 2.48. The van der Waals surface area contributed by atoms with Crippen LogP contribution in [0.15, 0.2) is 35.3 Å². The fraction of sp³-hybridized carbons (Fsp3) is 0.385. The number of alkyl halides is 3. The van der Waals surface area contributed by atoms with Gasteiger partial charge in [0.15, 0.2) is 5.75 Å². The molecular formula is C13H14BrF3N4O. The topological polar surface area (TPSA) is 52.0 Å².